The van der Waals surface area contributed by atoms with Crippen molar-refractivity contribution in [2.45, 2.75) is 39.2 Å². The largest absolute Gasteiger partial charge is 0.480 e. The van der Waals surface area contributed by atoms with Crippen molar-refractivity contribution in [3.05, 3.63) is 17.8 Å². The average Bonchev–Trinajstić information content (AvgIpc) is 3.09. The van der Waals surface area contributed by atoms with Gasteiger partial charge in [-0.05, 0) is 36.6 Å². The average molecular weight is 376 g/mol. The van der Waals surface area contributed by atoms with Crippen molar-refractivity contribution in [1.29, 1.82) is 0 Å². The molecule has 3 heterocycles. The molecule has 1 fully saturated rings. The maximum atomic E-state index is 12.7. The predicted octanol–water partition coefficient (Wildman–Crippen LogP) is 2.52. The molecule has 2 atom stereocenters. The lowest BCUT2D eigenvalue weighted by Gasteiger charge is -2.33. The normalized spacial score (nSPS) is 18.9. The lowest BCUT2D eigenvalue weighted by Crippen LogP contribution is -2.48. The summed E-state index contributed by atoms with van der Waals surface area (Å²) in [5.41, 5.74) is 0. The number of fused-ring (bicyclic) bond motifs is 1. The molecular formula is C18H24N4O3S. The number of hydrogen-bond donors (Lipinski definition) is 2. The Balaban J connectivity index is 1.70. The summed E-state index contributed by atoms with van der Waals surface area (Å²) >= 11 is 1.57. The molecule has 0 radical (unpaired) electrons. The second-order valence-corrected chi connectivity index (χ2v) is 8.05. The fourth-order valence-corrected chi connectivity index (χ4v) is 4.12. The third kappa shape index (κ3) is 4.12. The number of carboxylic acids is 1. The van der Waals surface area contributed by atoms with E-state index in [1.807, 2.05) is 25.3 Å². The molecule has 0 saturated carbocycles. The molecule has 0 spiro atoms. The first-order valence-corrected chi connectivity index (χ1v) is 9.80. The van der Waals surface area contributed by atoms with Crippen molar-refractivity contribution in [3.8, 4) is 0 Å². The van der Waals surface area contributed by atoms with Crippen LogP contribution in [0.2, 0.25) is 0 Å². The number of rotatable bonds is 6. The number of nitrogens with zero attached hydrogens (tertiary/aromatic N) is 3. The van der Waals surface area contributed by atoms with Gasteiger partial charge in [-0.3, -0.25) is 4.79 Å². The smallest absolute Gasteiger partial charge is 0.326 e. The van der Waals surface area contributed by atoms with Crippen LogP contribution in [0.1, 0.15) is 33.1 Å². The van der Waals surface area contributed by atoms with Gasteiger partial charge >= 0.3 is 5.97 Å². The number of carbonyl (C=O) groups excluding carboxylic acids is 1. The number of carboxylic acid groups (broad SMARTS) is 1. The van der Waals surface area contributed by atoms with Gasteiger partial charge in [0.15, 0.2) is 0 Å². The minimum absolute atomic E-state index is 0.182. The van der Waals surface area contributed by atoms with Gasteiger partial charge in [-0.2, -0.15) is 0 Å². The summed E-state index contributed by atoms with van der Waals surface area (Å²) < 4.78 is 0. The second kappa shape index (κ2) is 7.99. The molecule has 1 aliphatic rings. The predicted molar refractivity (Wildman–Crippen MR) is 101 cm³/mol. The maximum Gasteiger partial charge on any atom is 0.326 e. The molecule has 2 aromatic rings. The van der Waals surface area contributed by atoms with Gasteiger partial charge in [0.05, 0.1) is 11.3 Å². The van der Waals surface area contributed by atoms with E-state index in [0.717, 1.165) is 35.4 Å². The summed E-state index contributed by atoms with van der Waals surface area (Å²) in [6.45, 7) is 5.28. The van der Waals surface area contributed by atoms with Gasteiger partial charge in [-0.1, -0.05) is 13.8 Å². The molecule has 1 saturated heterocycles. The van der Waals surface area contributed by atoms with Crippen LogP contribution in [-0.4, -0.2) is 46.1 Å². The molecule has 26 heavy (non-hydrogen) atoms. The first-order chi connectivity index (χ1) is 12.5. The molecule has 0 aliphatic carbocycles. The summed E-state index contributed by atoms with van der Waals surface area (Å²) in [7, 11) is 0. The van der Waals surface area contributed by atoms with Crippen LogP contribution in [-0.2, 0) is 9.59 Å². The molecule has 1 amide bonds. The van der Waals surface area contributed by atoms with Crippen LogP contribution < -0.4 is 10.2 Å². The highest BCUT2D eigenvalue weighted by Gasteiger charge is 2.30. The molecule has 140 valence electrons. The van der Waals surface area contributed by atoms with E-state index in [1.165, 1.54) is 0 Å². The Labute approximate surface area is 156 Å². The summed E-state index contributed by atoms with van der Waals surface area (Å²) in [5.74, 6) is -0.340. The maximum absolute atomic E-state index is 12.7. The van der Waals surface area contributed by atoms with Gasteiger partial charge in [-0.25, -0.2) is 14.8 Å². The van der Waals surface area contributed by atoms with Gasteiger partial charge in [0.25, 0.3) is 0 Å². The highest BCUT2D eigenvalue weighted by molar-refractivity contribution is 7.16. The second-order valence-electron chi connectivity index (χ2n) is 7.15. The number of anilines is 1. The minimum Gasteiger partial charge on any atom is -0.480 e. The Morgan fingerprint density at radius 3 is 2.96 bits per heavy atom. The zero-order valence-electron chi connectivity index (χ0n) is 15.0. The van der Waals surface area contributed by atoms with Crippen LogP contribution in [0.3, 0.4) is 0 Å². The van der Waals surface area contributed by atoms with E-state index in [4.69, 9.17) is 0 Å². The summed E-state index contributed by atoms with van der Waals surface area (Å²) in [4.78, 5) is 35.8. The van der Waals surface area contributed by atoms with Crippen molar-refractivity contribution in [2.24, 2.45) is 11.8 Å². The van der Waals surface area contributed by atoms with Gasteiger partial charge in [0.2, 0.25) is 5.91 Å². The molecule has 1 aliphatic heterocycles. The highest BCUT2D eigenvalue weighted by atomic mass is 32.1. The van der Waals surface area contributed by atoms with Gasteiger partial charge in [-0.15, -0.1) is 11.3 Å². The van der Waals surface area contributed by atoms with E-state index in [2.05, 4.69) is 20.2 Å². The van der Waals surface area contributed by atoms with E-state index in [1.54, 1.807) is 17.7 Å². The molecular weight excluding hydrogens is 352 g/mol. The molecule has 2 N–H and O–H groups in total. The SMILES string of the molecule is CC(C)C[C@H](NC(=O)C1CCCN(c2ncnc3sccc23)C1)C(=O)O. The van der Waals surface area contributed by atoms with Crippen molar-refractivity contribution >= 4 is 39.2 Å². The lowest BCUT2D eigenvalue weighted by atomic mass is 9.95. The number of aliphatic carboxylic acids is 1. The first-order valence-electron chi connectivity index (χ1n) is 8.92. The monoisotopic (exact) mass is 376 g/mol. The van der Waals surface area contributed by atoms with Crippen LogP contribution in [0, 0.1) is 11.8 Å². The van der Waals surface area contributed by atoms with Crippen LogP contribution in [0.4, 0.5) is 5.82 Å². The minimum atomic E-state index is -0.976. The van der Waals surface area contributed by atoms with Crippen LogP contribution in [0.5, 0.6) is 0 Å². The van der Waals surface area contributed by atoms with E-state index in [9.17, 15) is 14.7 Å². The topological polar surface area (TPSA) is 95.4 Å². The highest BCUT2D eigenvalue weighted by Crippen LogP contribution is 2.30. The lowest BCUT2D eigenvalue weighted by molar-refractivity contribution is -0.143. The number of aromatic nitrogens is 2. The number of piperidine rings is 1. The fraction of sp³-hybridized carbons (Fsp3) is 0.556. The van der Waals surface area contributed by atoms with Crippen LogP contribution in [0.25, 0.3) is 10.2 Å². The molecule has 7 nitrogen and oxygen atoms in total. The molecule has 3 rings (SSSR count). The molecule has 1 unspecified atom stereocenters. The molecule has 0 bridgehead atoms. The number of nitrogens with one attached hydrogen (secondary N) is 1. The third-order valence-electron chi connectivity index (χ3n) is 4.65. The van der Waals surface area contributed by atoms with Crippen molar-refractivity contribution in [2.75, 3.05) is 18.0 Å². The molecule has 8 heteroatoms. The van der Waals surface area contributed by atoms with E-state index in [0.29, 0.717) is 13.0 Å². The van der Waals surface area contributed by atoms with Gasteiger partial charge in [0.1, 0.15) is 23.0 Å². The zero-order chi connectivity index (χ0) is 18.7. The van der Waals surface area contributed by atoms with E-state index in [-0.39, 0.29) is 17.7 Å². The first kappa shape index (κ1) is 18.6. The Morgan fingerprint density at radius 1 is 1.42 bits per heavy atom. The van der Waals surface area contributed by atoms with Crippen molar-refractivity contribution in [1.82, 2.24) is 15.3 Å². The third-order valence-corrected chi connectivity index (χ3v) is 5.47. The van der Waals surface area contributed by atoms with Crippen LogP contribution in [0.15, 0.2) is 17.8 Å². The summed E-state index contributed by atoms with van der Waals surface area (Å²) in [5, 5.41) is 15.1. The standard InChI is InChI=1S/C18H24N4O3S/c1-11(2)8-14(18(24)25)21-16(23)12-4-3-6-22(9-12)15-13-5-7-26-17(13)20-10-19-15/h5,7,10-12,14H,3-4,6,8-9H2,1-2H3,(H,21,23)(H,24,25)/t12?,14-/m0/s1. The molecule has 0 aromatic carbocycles. The van der Waals surface area contributed by atoms with Crippen molar-refractivity contribution < 1.29 is 14.7 Å². The van der Waals surface area contributed by atoms with Gasteiger partial charge < -0.3 is 15.3 Å². The molecule has 2 aromatic heterocycles. The fourth-order valence-electron chi connectivity index (χ4n) is 3.39. The summed E-state index contributed by atoms with van der Waals surface area (Å²) in [6.07, 6.45) is 3.61. The quantitative estimate of drug-likeness (QED) is 0.804. The van der Waals surface area contributed by atoms with E-state index < -0.39 is 12.0 Å². The Hall–Kier alpha value is -2.22. The Bertz CT molecular complexity index is 792. The van der Waals surface area contributed by atoms with E-state index >= 15 is 0 Å². The number of thiophene rings is 1. The van der Waals surface area contributed by atoms with Crippen molar-refractivity contribution in [3.63, 3.8) is 0 Å². The number of amides is 1. The number of carbonyl (C=O) groups is 2. The Kier molecular flexibility index (Phi) is 5.70. The zero-order valence-corrected chi connectivity index (χ0v) is 15.8. The summed E-state index contributed by atoms with van der Waals surface area (Å²) in [6, 6.07) is 1.17. The Morgan fingerprint density at radius 2 is 2.23 bits per heavy atom. The van der Waals surface area contributed by atoms with Gasteiger partial charge in [0, 0.05) is 13.1 Å². The van der Waals surface area contributed by atoms with Crippen LogP contribution >= 0.6 is 11.3 Å². The number of hydrogen-bond acceptors (Lipinski definition) is 6.